The van der Waals surface area contributed by atoms with Crippen LogP contribution in [0.25, 0.3) is 0 Å². The molecule has 0 fully saturated rings. The van der Waals surface area contributed by atoms with E-state index in [1.165, 1.54) is 24.1 Å². The minimum absolute atomic E-state index is 0.0332. The Bertz CT molecular complexity index is 828. The van der Waals surface area contributed by atoms with Crippen LogP contribution in [0.3, 0.4) is 0 Å². The van der Waals surface area contributed by atoms with Crippen molar-refractivity contribution in [2.24, 2.45) is 0 Å². The second kappa shape index (κ2) is 8.39. The maximum absolute atomic E-state index is 14.1. The van der Waals surface area contributed by atoms with E-state index < -0.39 is 29.3 Å². The summed E-state index contributed by atoms with van der Waals surface area (Å²) in [6.45, 7) is 4.71. The van der Waals surface area contributed by atoms with Gasteiger partial charge in [-0.05, 0) is 39.0 Å². The number of carbonyl (C=O) groups excluding carboxylic acids is 3. The number of β-amino-alcohol motifs (C(OH)–C–C–N with tert-alkyl or cyclic N) is 1. The van der Waals surface area contributed by atoms with Gasteiger partial charge in [0.05, 0.1) is 31.4 Å². The number of ether oxygens (including phenoxy) is 2. The molecule has 1 aliphatic heterocycles. The van der Waals surface area contributed by atoms with Crippen LogP contribution in [0, 0.1) is 5.82 Å². The Hall–Kier alpha value is -2.94. The lowest BCUT2D eigenvalue weighted by Crippen LogP contribution is -2.31. The van der Waals surface area contributed by atoms with Crippen LogP contribution in [0.2, 0.25) is 0 Å². The van der Waals surface area contributed by atoms with Crippen LogP contribution in [0.15, 0.2) is 29.5 Å². The van der Waals surface area contributed by atoms with Gasteiger partial charge in [-0.15, -0.1) is 0 Å². The highest BCUT2D eigenvalue weighted by atomic mass is 19.1. The summed E-state index contributed by atoms with van der Waals surface area (Å²) in [5, 5.41) is 11.8. The maximum Gasteiger partial charge on any atom is 0.341 e. The first kappa shape index (κ1) is 21.4. The number of aliphatic hydroxyl groups is 1. The number of nitrogens with zero attached hydrogens (tertiary/aromatic N) is 1. The summed E-state index contributed by atoms with van der Waals surface area (Å²) in [5.74, 6) is -2.85. The van der Waals surface area contributed by atoms with E-state index in [-0.39, 0.29) is 42.2 Å². The summed E-state index contributed by atoms with van der Waals surface area (Å²) in [6, 6.07) is 3.59. The normalized spacial score (nSPS) is 14.4. The van der Waals surface area contributed by atoms with E-state index in [9.17, 15) is 18.8 Å². The highest BCUT2D eigenvalue weighted by Crippen LogP contribution is 2.25. The van der Waals surface area contributed by atoms with Crippen LogP contribution in [-0.4, -0.2) is 60.3 Å². The minimum atomic E-state index is -0.851. The standard InChI is InChI=1S/C19H23FN2O6/c1-19(2,3)28-18(26)12-9-11(5-6-14(12)20)21-15-13(17(25)27-4)10-22(7-8-23)16(15)24/h5-6,9,21,23H,7-8,10H2,1-4H3. The monoisotopic (exact) mass is 394 g/mol. The van der Waals surface area contributed by atoms with E-state index in [1.54, 1.807) is 20.8 Å². The first-order chi connectivity index (χ1) is 13.1. The van der Waals surface area contributed by atoms with Crippen molar-refractivity contribution in [3.05, 3.63) is 40.8 Å². The number of rotatable bonds is 6. The molecule has 2 rings (SSSR count). The third-order valence-corrected chi connectivity index (χ3v) is 3.81. The summed E-state index contributed by atoms with van der Waals surface area (Å²) >= 11 is 0. The van der Waals surface area contributed by atoms with E-state index >= 15 is 0 Å². The molecule has 0 aliphatic carbocycles. The summed E-state index contributed by atoms with van der Waals surface area (Å²) < 4.78 is 24.0. The number of benzene rings is 1. The molecule has 2 N–H and O–H groups in total. The zero-order valence-electron chi connectivity index (χ0n) is 16.2. The fourth-order valence-corrected chi connectivity index (χ4v) is 2.59. The number of aliphatic hydroxyl groups excluding tert-OH is 1. The fraction of sp³-hybridized carbons (Fsp3) is 0.421. The molecule has 1 aromatic carbocycles. The number of methoxy groups -OCH3 is 1. The van der Waals surface area contributed by atoms with Crippen molar-refractivity contribution in [1.82, 2.24) is 4.90 Å². The third kappa shape index (κ3) is 4.86. The molecule has 8 nitrogen and oxygen atoms in total. The third-order valence-electron chi connectivity index (χ3n) is 3.81. The van der Waals surface area contributed by atoms with E-state index in [2.05, 4.69) is 5.32 Å². The van der Waals surface area contributed by atoms with Crippen LogP contribution < -0.4 is 5.32 Å². The van der Waals surface area contributed by atoms with Crippen molar-refractivity contribution < 1.29 is 33.4 Å². The molecule has 0 radical (unpaired) electrons. The SMILES string of the molecule is COC(=O)C1=C(Nc2ccc(F)c(C(=O)OC(C)(C)C)c2)C(=O)N(CCO)C1. The van der Waals surface area contributed by atoms with E-state index in [4.69, 9.17) is 14.6 Å². The van der Waals surface area contributed by atoms with Crippen LogP contribution in [0.5, 0.6) is 0 Å². The number of hydrogen-bond acceptors (Lipinski definition) is 7. The quantitative estimate of drug-likeness (QED) is 0.704. The molecule has 1 aliphatic rings. The van der Waals surface area contributed by atoms with Gasteiger partial charge in [-0.3, -0.25) is 4.79 Å². The lowest BCUT2D eigenvalue weighted by atomic mass is 10.1. The predicted octanol–water partition coefficient (Wildman–Crippen LogP) is 1.45. The molecule has 0 spiro atoms. The maximum atomic E-state index is 14.1. The Morgan fingerprint density at radius 3 is 2.54 bits per heavy atom. The molecule has 0 unspecified atom stereocenters. The van der Waals surface area contributed by atoms with Gasteiger partial charge >= 0.3 is 11.9 Å². The van der Waals surface area contributed by atoms with Gasteiger partial charge < -0.3 is 24.8 Å². The molecular formula is C19H23FN2O6. The molecule has 0 atom stereocenters. The molecule has 28 heavy (non-hydrogen) atoms. The Kier molecular flexibility index (Phi) is 6.40. The second-order valence-corrected chi connectivity index (χ2v) is 7.12. The van der Waals surface area contributed by atoms with E-state index in [0.29, 0.717) is 0 Å². The van der Waals surface area contributed by atoms with Crippen LogP contribution >= 0.6 is 0 Å². The summed E-state index contributed by atoms with van der Waals surface area (Å²) in [6.07, 6.45) is 0. The van der Waals surface area contributed by atoms with Gasteiger partial charge in [-0.2, -0.15) is 0 Å². The second-order valence-electron chi connectivity index (χ2n) is 7.12. The highest BCUT2D eigenvalue weighted by Gasteiger charge is 2.34. The molecule has 9 heteroatoms. The average Bonchev–Trinajstić information content (AvgIpc) is 2.91. The Balaban J connectivity index is 2.35. The Morgan fingerprint density at radius 1 is 1.29 bits per heavy atom. The number of amides is 1. The van der Waals surface area contributed by atoms with Gasteiger partial charge in [0.1, 0.15) is 17.1 Å². The number of anilines is 1. The molecule has 0 saturated heterocycles. The van der Waals surface area contributed by atoms with Gasteiger partial charge in [-0.1, -0.05) is 0 Å². The van der Waals surface area contributed by atoms with Gasteiger partial charge in [-0.25, -0.2) is 14.0 Å². The number of hydrogen-bond donors (Lipinski definition) is 2. The number of carbonyl (C=O) groups is 3. The Morgan fingerprint density at radius 2 is 1.96 bits per heavy atom. The molecule has 1 aromatic rings. The topological polar surface area (TPSA) is 105 Å². The van der Waals surface area contributed by atoms with Crippen molar-refractivity contribution in [1.29, 1.82) is 0 Å². The average molecular weight is 394 g/mol. The van der Waals surface area contributed by atoms with E-state index in [1.807, 2.05) is 0 Å². The molecular weight excluding hydrogens is 371 g/mol. The number of nitrogens with one attached hydrogen (secondary N) is 1. The Labute approximate surface area is 161 Å². The predicted molar refractivity (Wildman–Crippen MR) is 97.9 cm³/mol. The lowest BCUT2D eigenvalue weighted by molar-refractivity contribution is -0.136. The van der Waals surface area contributed by atoms with Crippen molar-refractivity contribution in [2.45, 2.75) is 26.4 Å². The first-order valence-electron chi connectivity index (χ1n) is 8.59. The lowest BCUT2D eigenvalue weighted by Gasteiger charge is -2.20. The molecule has 1 amide bonds. The minimum Gasteiger partial charge on any atom is -0.466 e. The summed E-state index contributed by atoms with van der Waals surface area (Å²) in [4.78, 5) is 38.0. The van der Waals surface area contributed by atoms with Crippen LogP contribution in [0.1, 0.15) is 31.1 Å². The highest BCUT2D eigenvalue weighted by molar-refractivity contribution is 6.08. The number of halogens is 1. The fourth-order valence-electron chi connectivity index (χ4n) is 2.59. The van der Waals surface area contributed by atoms with Crippen molar-refractivity contribution in [2.75, 3.05) is 32.1 Å². The van der Waals surface area contributed by atoms with Crippen LogP contribution in [0.4, 0.5) is 10.1 Å². The van der Waals surface area contributed by atoms with Gasteiger partial charge in [0.25, 0.3) is 5.91 Å². The molecule has 152 valence electrons. The van der Waals surface area contributed by atoms with E-state index in [0.717, 1.165) is 6.07 Å². The molecule has 0 aromatic heterocycles. The zero-order chi connectivity index (χ0) is 21.1. The molecule has 1 heterocycles. The van der Waals surface area contributed by atoms with Gasteiger partial charge in [0.2, 0.25) is 0 Å². The van der Waals surface area contributed by atoms with Crippen molar-refractivity contribution >= 4 is 23.5 Å². The van der Waals surface area contributed by atoms with Crippen molar-refractivity contribution in [3.8, 4) is 0 Å². The summed E-state index contributed by atoms with van der Waals surface area (Å²) in [5.41, 5.74) is -0.874. The molecule has 0 bridgehead atoms. The smallest absolute Gasteiger partial charge is 0.341 e. The van der Waals surface area contributed by atoms with Crippen molar-refractivity contribution in [3.63, 3.8) is 0 Å². The van der Waals surface area contributed by atoms with Gasteiger partial charge in [0, 0.05) is 12.2 Å². The molecule has 0 saturated carbocycles. The summed E-state index contributed by atoms with van der Waals surface area (Å²) in [7, 11) is 1.19. The van der Waals surface area contributed by atoms with Crippen LogP contribution in [-0.2, 0) is 19.1 Å². The largest absolute Gasteiger partial charge is 0.466 e. The first-order valence-corrected chi connectivity index (χ1v) is 8.59. The zero-order valence-corrected chi connectivity index (χ0v) is 16.2. The van der Waals surface area contributed by atoms with Gasteiger partial charge in [0.15, 0.2) is 0 Å². The number of esters is 2.